The molecular weight excluding hydrogens is 262 g/mol. The van der Waals surface area contributed by atoms with Gasteiger partial charge in [-0.2, -0.15) is 0 Å². The Bertz CT molecular complexity index is 696. The Morgan fingerprint density at radius 1 is 1.00 bits per heavy atom. The van der Waals surface area contributed by atoms with Gasteiger partial charge < -0.3 is 14.4 Å². The molecule has 0 N–H and O–H groups in total. The second-order valence-electron chi connectivity index (χ2n) is 5.70. The van der Waals surface area contributed by atoms with Gasteiger partial charge in [-0.1, -0.05) is 18.2 Å². The Labute approximate surface area is 125 Å². The van der Waals surface area contributed by atoms with Crippen molar-refractivity contribution in [2.45, 2.75) is 18.9 Å². The van der Waals surface area contributed by atoms with E-state index in [0.717, 1.165) is 30.9 Å². The normalized spacial score (nSPS) is 18.8. The number of hydrogen-bond donors (Lipinski definition) is 0. The summed E-state index contributed by atoms with van der Waals surface area (Å²) in [5.74, 6) is 1.66. The van der Waals surface area contributed by atoms with Gasteiger partial charge in [-0.25, -0.2) is 0 Å². The van der Waals surface area contributed by atoms with Crippen LogP contribution in [0.4, 0.5) is 5.69 Å². The van der Waals surface area contributed by atoms with E-state index in [1.54, 1.807) is 14.2 Å². The molecule has 0 saturated heterocycles. The van der Waals surface area contributed by atoms with Crippen LogP contribution in [0.5, 0.6) is 11.5 Å². The highest BCUT2D eigenvalue weighted by atomic mass is 16.5. The first kappa shape index (κ1) is 12.6. The second kappa shape index (κ2) is 4.69. The highest BCUT2D eigenvalue weighted by Crippen LogP contribution is 2.46. The lowest BCUT2D eigenvalue weighted by Gasteiger charge is -2.34. The average Bonchev–Trinajstić information content (AvgIpc) is 2.92. The van der Waals surface area contributed by atoms with Crippen molar-refractivity contribution < 1.29 is 9.47 Å². The minimum atomic E-state index is 0.436. The Kier molecular flexibility index (Phi) is 2.81. The molecule has 2 aliphatic heterocycles. The molecule has 4 rings (SSSR count). The molecule has 2 heterocycles. The number of ether oxygens (including phenoxy) is 2. The van der Waals surface area contributed by atoms with E-state index in [1.807, 2.05) is 0 Å². The van der Waals surface area contributed by atoms with Gasteiger partial charge in [0.25, 0.3) is 0 Å². The molecule has 2 aromatic rings. The van der Waals surface area contributed by atoms with E-state index in [2.05, 4.69) is 41.3 Å². The van der Waals surface area contributed by atoms with Gasteiger partial charge >= 0.3 is 0 Å². The third kappa shape index (κ3) is 1.80. The fourth-order valence-corrected chi connectivity index (χ4v) is 3.71. The van der Waals surface area contributed by atoms with Crippen LogP contribution in [0.1, 0.15) is 22.7 Å². The summed E-state index contributed by atoms with van der Waals surface area (Å²) in [5.41, 5.74) is 5.62. The molecule has 2 aliphatic rings. The maximum absolute atomic E-state index is 5.48. The molecule has 3 nitrogen and oxygen atoms in total. The van der Waals surface area contributed by atoms with E-state index in [1.165, 1.54) is 22.4 Å². The van der Waals surface area contributed by atoms with E-state index in [9.17, 15) is 0 Å². The molecule has 0 fully saturated rings. The summed E-state index contributed by atoms with van der Waals surface area (Å²) in [6.07, 6.45) is 2.14. The first-order valence-corrected chi connectivity index (χ1v) is 7.41. The summed E-state index contributed by atoms with van der Waals surface area (Å²) in [6, 6.07) is 13.5. The summed E-state index contributed by atoms with van der Waals surface area (Å²) in [5, 5.41) is 0. The Morgan fingerprint density at radius 2 is 1.76 bits per heavy atom. The molecule has 1 unspecified atom stereocenters. The zero-order valence-electron chi connectivity index (χ0n) is 12.4. The van der Waals surface area contributed by atoms with Gasteiger partial charge in [0.2, 0.25) is 0 Å². The van der Waals surface area contributed by atoms with E-state index in [4.69, 9.17) is 9.47 Å². The van der Waals surface area contributed by atoms with Crippen molar-refractivity contribution in [3.63, 3.8) is 0 Å². The van der Waals surface area contributed by atoms with Crippen molar-refractivity contribution in [3.8, 4) is 11.5 Å². The molecule has 0 saturated carbocycles. The number of anilines is 1. The van der Waals surface area contributed by atoms with Crippen LogP contribution in [-0.2, 0) is 12.8 Å². The quantitative estimate of drug-likeness (QED) is 0.842. The van der Waals surface area contributed by atoms with Crippen LogP contribution in [-0.4, -0.2) is 20.8 Å². The SMILES string of the molecule is COc1cc2c(cc1OC)C1Cc3ccccc3N1CC2. The molecule has 3 heteroatoms. The third-order valence-electron chi connectivity index (χ3n) is 4.72. The van der Waals surface area contributed by atoms with Gasteiger partial charge in [0.1, 0.15) is 0 Å². The Balaban J connectivity index is 1.81. The predicted octanol–water partition coefficient (Wildman–Crippen LogP) is 3.36. The van der Waals surface area contributed by atoms with Crippen LogP contribution in [0.3, 0.4) is 0 Å². The summed E-state index contributed by atoms with van der Waals surface area (Å²) >= 11 is 0. The van der Waals surface area contributed by atoms with Crippen LogP contribution in [0, 0.1) is 0 Å². The van der Waals surface area contributed by atoms with Crippen molar-refractivity contribution in [3.05, 3.63) is 53.1 Å². The van der Waals surface area contributed by atoms with Crippen LogP contribution in [0.15, 0.2) is 36.4 Å². The molecule has 0 aliphatic carbocycles. The number of fused-ring (bicyclic) bond motifs is 5. The van der Waals surface area contributed by atoms with E-state index >= 15 is 0 Å². The average molecular weight is 281 g/mol. The van der Waals surface area contributed by atoms with Crippen molar-refractivity contribution in [2.24, 2.45) is 0 Å². The topological polar surface area (TPSA) is 21.7 Å². The molecule has 0 aromatic heterocycles. The molecule has 2 aromatic carbocycles. The van der Waals surface area contributed by atoms with Gasteiger partial charge in [0, 0.05) is 12.2 Å². The lowest BCUT2D eigenvalue weighted by Crippen LogP contribution is -2.32. The number of nitrogens with zero attached hydrogens (tertiary/aromatic N) is 1. The smallest absolute Gasteiger partial charge is 0.161 e. The fraction of sp³-hybridized carbons (Fsp3) is 0.333. The molecule has 108 valence electrons. The minimum Gasteiger partial charge on any atom is -0.493 e. The fourth-order valence-electron chi connectivity index (χ4n) is 3.71. The number of para-hydroxylation sites is 1. The zero-order chi connectivity index (χ0) is 14.4. The summed E-state index contributed by atoms with van der Waals surface area (Å²) < 4.78 is 10.9. The van der Waals surface area contributed by atoms with Crippen molar-refractivity contribution in [2.75, 3.05) is 25.7 Å². The standard InChI is InChI=1S/C18H19NO2/c1-20-17-10-12-7-8-19-15-6-4-3-5-13(15)9-16(19)14(12)11-18(17)21-2/h3-6,10-11,16H,7-9H2,1-2H3. The first-order valence-electron chi connectivity index (χ1n) is 7.41. The number of rotatable bonds is 2. The molecule has 1 atom stereocenters. The molecular formula is C18H19NO2. The molecule has 21 heavy (non-hydrogen) atoms. The summed E-state index contributed by atoms with van der Waals surface area (Å²) in [4.78, 5) is 2.53. The lowest BCUT2D eigenvalue weighted by molar-refractivity contribution is 0.353. The second-order valence-corrected chi connectivity index (χ2v) is 5.70. The van der Waals surface area contributed by atoms with Crippen LogP contribution < -0.4 is 14.4 Å². The largest absolute Gasteiger partial charge is 0.493 e. The molecule has 0 bridgehead atoms. The summed E-state index contributed by atoms with van der Waals surface area (Å²) in [7, 11) is 3.40. The highest BCUT2D eigenvalue weighted by Gasteiger charge is 2.35. The molecule has 0 amide bonds. The molecule has 0 radical (unpaired) electrons. The summed E-state index contributed by atoms with van der Waals surface area (Å²) in [6.45, 7) is 1.07. The van der Waals surface area contributed by atoms with Gasteiger partial charge in [0.15, 0.2) is 11.5 Å². The van der Waals surface area contributed by atoms with Crippen molar-refractivity contribution >= 4 is 5.69 Å². The van der Waals surface area contributed by atoms with E-state index in [-0.39, 0.29) is 0 Å². The van der Waals surface area contributed by atoms with Gasteiger partial charge in [0.05, 0.1) is 20.3 Å². The number of hydrogen-bond acceptors (Lipinski definition) is 3. The van der Waals surface area contributed by atoms with Crippen molar-refractivity contribution in [1.82, 2.24) is 0 Å². The first-order chi connectivity index (χ1) is 10.3. The lowest BCUT2D eigenvalue weighted by atomic mass is 9.91. The van der Waals surface area contributed by atoms with Gasteiger partial charge in [-0.05, 0) is 47.7 Å². The monoisotopic (exact) mass is 281 g/mol. The predicted molar refractivity (Wildman–Crippen MR) is 83.5 cm³/mol. The van der Waals surface area contributed by atoms with Crippen LogP contribution >= 0.6 is 0 Å². The van der Waals surface area contributed by atoms with Gasteiger partial charge in [-0.3, -0.25) is 0 Å². The van der Waals surface area contributed by atoms with Crippen molar-refractivity contribution in [1.29, 1.82) is 0 Å². The minimum absolute atomic E-state index is 0.436. The van der Waals surface area contributed by atoms with E-state index in [0.29, 0.717) is 6.04 Å². The zero-order valence-corrected chi connectivity index (χ0v) is 12.4. The number of benzene rings is 2. The highest BCUT2D eigenvalue weighted by molar-refractivity contribution is 5.64. The Hall–Kier alpha value is -2.16. The molecule has 0 spiro atoms. The number of methoxy groups -OCH3 is 2. The van der Waals surface area contributed by atoms with Crippen LogP contribution in [0.25, 0.3) is 0 Å². The maximum atomic E-state index is 5.48. The Morgan fingerprint density at radius 3 is 2.57 bits per heavy atom. The van der Waals surface area contributed by atoms with E-state index < -0.39 is 0 Å². The van der Waals surface area contributed by atoms with Gasteiger partial charge in [-0.15, -0.1) is 0 Å². The third-order valence-corrected chi connectivity index (χ3v) is 4.72. The van der Waals surface area contributed by atoms with Crippen LogP contribution in [0.2, 0.25) is 0 Å². The maximum Gasteiger partial charge on any atom is 0.161 e.